The van der Waals surface area contributed by atoms with Crippen LogP contribution >= 0.6 is 0 Å². The Morgan fingerprint density at radius 3 is 1.38 bits per heavy atom. The van der Waals surface area contributed by atoms with Gasteiger partial charge < -0.3 is 21.3 Å². The van der Waals surface area contributed by atoms with Crippen LogP contribution in [0.4, 0.5) is 9.59 Å². The lowest BCUT2D eigenvalue weighted by atomic mass is 9.70. The van der Waals surface area contributed by atoms with E-state index in [2.05, 4.69) is 62.8 Å². The van der Waals surface area contributed by atoms with Crippen LogP contribution in [0, 0.1) is 22.7 Å². The van der Waals surface area contributed by atoms with Crippen molar-refractivity contribution in [3.05, 3.63) is 0 Å². The zero-order valence-corrected chi connectivity index (χ0v) is 21.6. The second-order valence-corrected chi connectivity index (χ2v) is 12.4. The summed E-state index contributed by atoms with van der Waals surface area (Å²) in [6.07, 6.45) is 10.8. The van der Waals surface area contributed by atoms with Crippen molar-refractivity contribution >= 4 is 12.1 Å². The van der Waals surface area contributed by atoms with Crippen molar-refractivity contribution in [1.29, 1.82) is 0 Å². The van der Waals surface area contributed by atoms with Crippen LogP contribution < -0.4 is 21.3 Å². The molecule has 6 heteroatoms. The number of nitrogens with one attached hydrogen (secondary N) is 4. The van der Waals surface area contributed by atoms with Crippen molar-refractivity contribution < 1.29 is 9.59 Å². The third-order valence-corrected chi connectivity index (χ3v) is 7.12. The molecular weight excluding hydrogens is 400 g/mol. The molecule has 0 aromatic carbocycles. The topological polar surface area (TPSA) is 82.3 Å². The molecule has 0 aromatic rings. The van der Waals surface area contributed by atoms with E-state index in [1.54, 1.807) is 0 Å². The Balaban J connectivity index is 1.46. The normalized spacial score (nSPS) is 29.1. The number of carbonyl (C=O) groups is 2. The standard InChI is InChI=1S/C26H50N4O2/c1-19-13-21(17-25(3,4)15-19)29-23(31)27-11-9-7-8-10-12-28-24(32)30-22-14-20(2)16-26(5,6)18-22/h19-22H,7-18H2,1-6H3,(H2,27,29,31)(H2,28,30,32). The summed E-state index contributed by atoms with van der Waals surface area (Å²) in [7, 11) is 0. The van der Waals surface area contributed by atoms with Crippen LogP contribution in [0.5, 0.6) is 0 Å². The Hall–Kier alpha value is -1.46. The van der Waals surface area contributed by atoms with E-state index in [9.17, 15) is 9.59 Å². The van der Waals surface area contributed by atoms with Crippen molar-refractivity contribution in [2.24, 2.45) is 22.7 Å². The Bertz CT molecular complexity index is 553. The van der Waals surface area contributed by atoms with Gasteiger partial charge in [0.2, 0.25) is 0 Å². The highest BCUT2D eigenvalue weighted by Crippen LogP contribution is 2.39. The van der Waals surface area contributed by atoms with E-state index in [1.165, 1.54) is 12.8 Å². The van der Waals surface area contributed by atoms with Gasteiger partial charge in [-0.1, -0.05) is 54.4 Å². The van der Waals surface area contributed by atoms with Crippen molar-refractivity contribution in [3.8, 4) is 0 Å². The van der Waals surface area contributed by atoms with E-state index < -0.39 is 0 Å². The summed E-state index contributed by atoms with van der Waals surface area (Å²) in [4.78, 5) is 24.4. The number of urea groups is 2. The molecule has 2 fully saturated rings. The summed E-state index contributed by atoms with van der Waals surface area (Å²) < 4.78 is 0. The molecule has 0 saturated heterocycles. The maximum absolute atomic E-state index is 12.2. The molecule has 4 atom stereocenters. The van der Waals surface area contributed by atoms with Gasteiger partial charge in [0, 0.05) is 25.2 Å². The molecule has 2 rings (SSSR count). The molecule has 0 bridgehead atoms. The predicted octanol–water partition coefficient (Wildman–Crippen LogP) is 5.57. The van der Waals surface area contributed by atoms with Crippen molar-refractivity contribution in [3.63, 3.8) is 0 Å². The predicted molar refractivity (Wildman–Crippen MR) is 133 cm³/mol. The summed E-state index contributed by atoms with van der Waals surface area (Å²) >= 11 is 0. The average molecular weight is 451 g/mol. The fourth-order valence-electron chi connectivity index (χ4n) is 6.39. The minimum atomic E-state index is -0.0292. The SMILES string of the molecule is CC1CC(NC(=O)NCCCCCCNC(=O)NC2CC(C)CC(C)(C)C2)CC(C)(C)C1. The first-order chi connectivity index (χ1) is 14.9. The maximum Gasteiger partial charge on any atom is 0.315 e. The van der Waals surface area contributed by atoms with E-state index in [0.29, 0.717) is 35.8 Å². The highest BCUT2D eigenvalue weighted by molar-refractivity contribution is 5.74. The fourth-order valence-corrected chi connectivity index (χ4v) is 6.39. The Kier molecular flexibility index (Phi) is 10.2. The van der Waals surface area contributed by atoms with E-state index >= 15 is 0 Å². The summed E-state index contributed by atoms with van der Waals surface area (Å²) in [5, 5.41) is 12.3. The molecule has 0 heterocycles. The Morgan fingerprint density at radius 1 is 0.656 bits per heavy atom. The van der Waals surface area contributed by atoms with Crippen molar-refractivity contribution in [2.45, 2.75) is 118 Å². The second-order valence-electron chi connectivity index (χ2n) is 12.4. The van der Waals surface area contributed by atoms with Crippen LogP contribution in [-0.4, -0.2) is 37.2 Å². The van der Waals surface area contributed by atoms with Crippen LogP contribution in [0.15, 0.2) is 0 Å². The third kappa shape index (κ3) is 10.4. The summed E-state index contributed by atoms with van der Waals surface area (Å²) in [5.41, 5.74) is 0.623. The van der Waals surface area contributed by atoms with Gasteiger partial charge in [-0.05, 0) is 74.0 Å². The van der Waals surface area contributed by atoms with Gasteiger partial charge in [0.25, 0.3) is 0 Å². The molecule has 4 N–H and O–H groups in total. The van der Waals surface area contributed by atoms with Crippen molar-refractivity contribution in [2.75, 3.05) is 13.1 Å². The van der Waals surface area contributed by atoms with E-state index in [4.69, 9.17) is 0 Å². The van der Waals surface area contributed by atoms with Gasteiger partial charge in [-0.25, -0.2) is 9.59 Å². The quantitative estimate of drug-likeness (QED) is 0.346. The molecule has 4 unspecified atom stereocenters. The van der Waals surface area contributed by atoms with Gasteiger partial charge in [0.1, 0.15) is 0 Å². The van der Waals surface area contributed by atoms with Crippen LogP contribution in [-0.2, 0) is 0 Å². The van der Waals surface area contributed by atoms with Gasteiger partial charge in [-0.15, -0.1) is 0 Å². The second kappa shape index (κ2) is 12.1. The minimum absolute atomic E-state index is 0.0292. The number of carbonyl (C=O) groups excluding carboxylic acids is 2. The average Bonchev–Trinajstić information content (AvgIpc) is 2.60. The van der Waals surface area contributed by atoms with Crippen molar-refractivity contribution in [1.82, 2.24) is 21.3 Å². The molecule has 0 aliphatic heterocycles. The Labute approximate surface area is 196 Å². The molecular formula is C26H50N4O2. The van der Waals surface area contributed by atoms with Crippen LogP contribution in [0.25, 0.3) is 0 Å². The van der Waals surface area contributed by atoms with Gasteiger partial charge in [0.15, 0.2) is 0 Å². The molecule has 2 saturated carbocycles. The first kappa shape index (κ1) is 26.8. The highest BCUT2D eigenvalue weighted by Gasteiger charge is 2.33. The zero-order chi connectivity index (χ0) is 23.8. The lowest BCUT2D eigenvalue weighted by Crippen LogP contribution is -2.47. The monoisotopic (exact) mass is 450 g/mol. The van der Waals surface area contributed by atoms with Gasteiger partial charge >= 0.3 is 12.1 Å². The van der Waals surface area contributed by atoms with Gasteiger partial charge in [-0.3, -0.25) is 0 Å². The molecule has 4 amide bonds. The molecule has 0 radical (unpaired) electrons. The summed E-state index contributed by atoms with van der Waals surface area (Å²) in [6, 6.07) is 0.514. The molecule has 2 aliphatic rings. The first-order valence-electron chi connectivity index (χ1n) is 13.0. The minimum Gasteiger partial charge on any atom is -0.338 e. The maximum atomic E-state index is 12.2. The number of rotatable bonds is 9. The van der Waals surface area contributed by atoms with Crippen LogP contribution in [0.1, 0.15) is 106 Å². The molecule has 6 nitrogen and oxygen atoms in total. The van der Waals surface area contributed by atoms with Gasteiger partial charge in [-0.2, -0.15) is 0 Å². The number of amides is 4. The number of hydrogen-bond acceptors (Lipinski definition) is 2. The first-order valence-corrected chi connectivity index (χ1v) is 13.0. The lowest BCUT2D eigenvalue weighted by Gasteiger charge is -2.39. The lowest BCUT2D eigenvalue weighted by molar-refractivity contribution is 0.151. The molecule has 2 aliphatic carbocycles. The molecule has 0 aromatic heterocycles. The third-order valence-electron chi connectivity index (χ3n) is 7.12. The Morgan fingerprint density at radius 2 is 1.03 bits per heavy atom. The van der Waals surface area contributed by atoms with Gasteiger partial charge in [0.05, 0.1) is 0 Å². The highest BCUT2D eigenvalue weighted by atomic mass is 16.2. The van der Waals surface area contributed by atoms with E-state index in [-0.39, 0.29) is 24.1 Å². The van der Waals surface area contributed by atoms with Crippen LogP contribution in [0.3, 0.4) is 0 Å². The van der Waals surface area contributed by atoms with Crippen LogP contribution in [0.2, 0.25) is 0 Å². The molecule has 0 spiro atoms. The van der Waals surface area contributed by atoms with E-state index in [0.717, 1.165) is 51.4 Å². The summed E-state index contributed by atoms with van der Waals surface area (Å²) in [5.74, 6) is 1.33. The fraction of sp³-hybridized carbons (Fsp3) is 0.923. The zero-order valence-electron chi connectivity index (χ0n) is 21.6. The smallest absolute Gasteiger partial charge is 0.315 e. The summed E-state index contributed by atoms with van der Waals surface area (Å²) in [6.45, 7) is 15.2. The van der Waals surface area contributed by atoms with E-state index in [1.807, 2.05) is 0 Å². The molecule has 32 heavy (non-hydrogen) atoms. The molecule has 186 valence electrons. The number of hydrogen-bond donors (Lipinski definition) is 4. The number of unbranched alkanes of at least 4 members (excludes halogenated alkanes) is 3. The largest absolute Gasteiger partial charge is 0.338 e.